The Kier molecular flexibility index (Phi) is 7.51. The zero-order valence-electron chi connectivity index (χ0n) is 16.9. The van der Waals surface area contributed by atoms with Gasteiger partial charge in [-0.3, -0.25) is 9.69 Å². The lowest BCUT2D eigenvalue weighted by molar-refractivity contribution is -0.137. The number of carbonyl (C=O) groups excluding carboxylic acids is 2. The summed E-state index contributed by atoms with van der Waals surface area (Å²) in [5.74, 6) is -0.209. The Bertz CT molecular complexity index is 709. The number of nitrogens with one attached hydrogen (secondary N) is 2. The molecule has 1 fully saturated rings. The summed E-state index contributed by atoms with van der Waals surface area (Å²) in [4.78, 5) is 25.8. The standard InChI is InChI=1S/C20H28F3N3O3/c1-19(2,3)29-18(28)24-12-14-8-10-26(11-9-14)13-17(27)25-16-7-5-4-6-15(16)20(21,22)23/h4-7,14H,8-13H2,1-3H3,(H,24,28)(H,25,27). The number of alkyl carbamates (subject to hydrolysis) is 1. The molecule has 1 saturated heterocycles. The van der Waals surface area contributed by atoms with E-state index in [0.717, 1.165) is 18.9 Å². The average molecular weight is 415 g/mol. The molecule has 0 aromatic heterocycles. The molecule has 1 heterocycles. The molecule has 1 aliphatic rings. The van der Waals surface area contributed by atoms with Gasteiger partial charge in [0.2, 0.25) is 5.91 Å². The van der Waals surface area contributed by atoms with Crippen molar-refractivity contribution < 1.29 is 27.5 Å². The first-order chi connectivity index (χ1) is 13.4. The van der Waals surface area contributed by atoms with E-state index >= 15 is 0 Å². The first kappa shape index (κ1) is 23.0. The Morgan fingerprint density at radius 1 is 1.14 bits per heavy atom. The highest BCUT2D eigenvalue weighted by Crippen LogP contribution is 2.34. The Morgan fingerprint density at radius 2 is 1.76 bits per heavy atom. The van der Waals surface area contributed by atoms with E-state index in [-0.39, 0.29) is 18.2 Å². The van der Waals surface area contributed by atoms with Crippen LogP contribution < -0.4 is 10.6 Å². The Hall–Kier alpha value is -2.29. The first-order valence-corrected chi connectivity index (χ1v) is 9.59. The van der Waals surface area contributed by atoms with Crippen molar-refractivity contribution >= 4 is 17.7 Å². The first-order valence-electron chi connectivity index (χ1n) is 9.59. The molecule has 2 amide bonds. The zero-order chi connectivity index (χ0) is 21.7. The third kappa shape index (κ3) is 7.92. The number of likely N-dealkylation sites (tertiary alicyclic amines) is 1. The number of hydrogen-bond acceptors (Lipinski definition) is 4. The summed E-state index contributed by atoms with van der Waals surface area (Å²) in [7, 11) is 0. The third-order valence-corrected chi connectivity index (χ3v) is 4.51. The summed E-state index contributed by atoms with van der Waals surface area (Å²) in [6.07, 6.45) is -3.42. The topological polar surface area (TPSA) is 70.7 Å². The minimum Gasteiger partial charge on any atom is -0.444 e. The molecule has 9 heteroatoms. The molecule has 1 aromatic carbocycles. The van der Waals surface area contributed by atoms with Gasteiger partial charge in [0, 0.05) is 6.54 Å². The highest BCUT2D eigenvalue weighted by Gasteiger charge is 2.33. The van der Waals surface area contributed by atoms with E-state index in [2.05, 4.69) is 10.6 Å². The number of rotatable bonds is 5. The summed E-state index contributed by atoms with van der Waals surface area (Å²) in [6, 6.07) is 4.93. The fourth-order valence-corrected chi connectivity index (χ4v) is 3.12. The number of amides is 2. The maximum absolute atomic E-state index is 13.0. The smallest absolute Gasteiger partial charge is 0.418 e. The van der Waals surface area contributed by atoms with Crippen LogP contribution in [0.25, 0.3) is 0 Å². The molecule has 2 rings (SSSR count). The maximum atomic E-state index is 13.0. The number of nitrogens with zero attached hydrogens (tertiary/aromatic N) is 1. The van der Waals surface area contributed by atoms with Gasteiger partial charge in [-0.25, -0.2) is 4.79 Å². The van der Waals surface area contributed by atoms with Crippen LogP contribution in [0.15, 0.2) is 24.3 Å². The van der Waals surface area contributed by atoms with Gasteiger partial charge in [0.05, 0.1) is 17.8 Å². The highest BCUT2D eigenvalue weighted by molar-refractivity contribution is 5.93. The number of para-hydroxylation sites is 1. The zero-order valence-corrected chi connectivity index (χ0v) is 16.9. The summed E-state index contributed by atoms with van der Waals surface area (Å²) in [5.41, 5.74) is -1.65. The minimum absolute atomic E-state index is 0.0262. The van der Waals surface area contributed by atoms with Crippen molar-refractivity contribution in [2.24, 2.45) is 5.92 Å². The van der Waals surface area contributed by atoms with Gasteiger partial charge in [-0.1, -0.05) is 12.1 Å². The van der Waals surface area contributed by atoms with Crippen LogP contribution in [-0.2, 0) is 15.7 Å². The number of hydrogen-bond donors (Lipinski definition) is 2. The van der Waals surface area contributed by atoms with Gasteiger partial charge in [-0.2, -0.15) is 13.2 Å². The van der Waals surface area contributed by atoms with Crippen LogP contribution in [0.3, 0.4) is 0 Å². The van der Waals surface area contributed by atoms with Gasteiger partial charge in [0.25, 0.3) is 0 Å². The second-order valence-corrected chi connectivity index (χ2v) is 8.19. The number of piperidine rings is 1. The molecule has 0 radical (unpaired) electrons. The van der Waals surface area contributed by atoms with Crippen molar-refractivity contribution in [1.29, 1.82) is 0 Å². The molecule has 1 aliphatic heterocycles. The van der Waals surface area contributed by atoms with Crippen molar-refractivity contribution in [1.82, 2.24) is 10.2 Å². The molecule has 0 atom stereocenters. The molecule has 0 bridgehead atoms. The van der Waals surface area contributed by atoms with Crippen LogP contribution in [0, 0.1) is 5.92 Å². The normalized spacial score (nSPS) is 16.3. The van der Waals surface area contributed by atoms with Gasteiger partial charge in [-0.05, 0) is 64.8 Å². The fourth-order valence-electron chi connectivity index (χ4n) is 3.12. The molecular weight excluding hydrogens is 387 g/mol. The second-order valence-electron chi connectivity index (χ2n) is 8.19. The number of ether oxygens (including phenoxy) is 1. The molecular formula is C20H28F3N3O3. The SMILES string of the molecule is CC(C)(C)OC(=O)NCC1CCN(CC(=O)Nc2ccccc2C(F)(F)F)CC1. The van der Waals surface area contributed by atoms with Crippen LogP contribution in [0.5, 0.6) is 0 Å². The lowest BCUT2D eigenvalue weighted by Gasteiger charge is -2.31. The Morgan fingerprint density at radius 3 is 2.34 bits per heavy atom. The maximum Gasteiger partial charge on any atom is 0.418 e. The average Bonchev–Trinajstić information content (AvgIpc) is 2.59. The summed E-state index contributed by atoms with van der Waals surface area (Å²) in [6.45, 7) is 7.17. The lowest BCUT2D eigenvalue weighted by Crippen LogP contribution is -2.42. The molecule has 0 unspecified atom stereocenters. The van der Waals surface area contributed by atoms with Gasteiger partial charge in [0.1, 0.15) is 5.60 Å². The largest absolute Gasteiger partial charge is 0.444 e. The van der Waals surface area contributed by atoms with E-state index in [1.807, 2.05) is 4.90 Å². The summed E-state index contributed by atoms with van der Waals surface area (Å²) >= 11 is 0. The molecule has 29 heavy (non-hydrogen) atoms. The van der Waals surface area contributed by atoms with E-state index < -0.39 is 29.3 Å². The third-order valence-electron chi connectivity index (χ3n) is 4.51. The quantitative estimate of drug-likeness (QED) is 0.766. The predicted molar refractivity (Wildman–Crippen MR) is 103 cm³/mol. The number of anilines is 1. The van der Waals surface area contributed by atoms with Crippen molar-refractivity contribution in [2.75, 3.05) is 31.5 Å². The minimum atomic E-state index is -4.52. The van der Waals surface area contributed by atoms with Gasteiger partial charge in [-0.15, -0.1) is 0 Å². The van der Waals surface area contributed by atoms with E-state index in [1.54, 1.807) is 20.8 Å². The van der Waals surface area contributed by atoms with Crippen LogP contribution in [0.1, 0.15) is 39.2 Å². The van der Waals surface area contributed by atoms with E-state index in [1.165, 1.54) is 18.2 Å². The van der Waals surface area contributed by atoms with E-state index in [9.17, 15) is 22.8 Å². The number of benzene rings is 1. The summed E-state index contributed by atoms with van der Waals surface area (Å²) < 4.78 is 44.3. The van der Waals surface area contributed by atoms with Crippen LogP contribution in [0.2, 0.25) is 0 Å². The van der Waals surface area contributed by atoms with Crippen molar-refractivity contribution in [3.05, 3.63) is 29.8 Å². The molecule has 0 spiro atoms. The molecule has 1 aromatic rings. The van der Waals surface area contributed by atoms with Crippen molar-refractivity contribution in [3.63, 3.8) is 0 Å². The van der Waals surface area contributed by atoms with Crippen LogP contribution in [0.4, 0.5) is 23.7 Å². The van der Waals surface area contributed by atoms with Gasteiger partial charge >= 0.3 is 12.3 Å². The monoisotopic (exact) mass is 415 g/mol. The molecule has 2 N–H and O–H groups in total. The Balaban J connectivity index is 1.76. The summed E-state index contributed by atoms with van der Waals surface area (Å²) in [5, 5.41) is 5.12. The van der Waals surface area contributed by atoms with Crippen molar-refractivity contribution in [2.45, 2.75) is 45.4 Å². The van der Waals surface area contributed by atoms with Crippen LogP contribution >= 0.6 is 0 Å². The van der Waals surface area contributed by atoms with Crippen LogP contribution in [-0.4, -0.2) is 48.7 Å². The number of alkyl halides is 3. The molecule has 6 nitrogen and oxygen atoms in total. The Labute approximate surface area is 168 Å². The van der Waals surface area contributed by atoms with Crippen molar-refractivity contribution in [3.8, 4) is 0 Å². The molecule has 0 aliphatic carbocycles. The predicted octanol–water partition coefficient (Wildman–Crippen LogP) is 3.88. The highest BCUT2D eigenvalue weighted by atomic mass is 19.4. The molecule has 162 valence electrons. The van der Waals surface area contributed by atoms with E-state index in [0.29, 0.717) is 19.6 Å². The van der Waals surface area contributed by atoms with E-state index in [4.69, 9.17) is 4.74 Å². The fraction of sp³-hybridized carbons (Fsp3) is 0.600. The molecule has 0 saturated carbocycles. The van der Waals surface area contributed by atoms with Gasteiger partial charge in [0.15, 0.2) is 0 Å². The number of halogens is 3. The van der Waals surface area contributed by atoms with Gasteiger partial charge < -0.3 is 15.4 Å². The number of carbonyl (C=O) groups is 2. The second kappa shape index (κ2) is 9.47. The lowest BCUT2D eigenvalue weighted by atomic mass is 9.97.